The summed E-state index contributed by atoms with van der Waals surface area (Å²) < 4.78 is 41.8. The summed E-state index contributed by atoms with van der Waals surface area (Å²) >= 11 is 0. The van der Waals surface area contributed by atoms with Gasteiger partial charge in [-0.3, -0.25) is 4.57 Å². The molecule has 3 aromatic carbocycles. The highest BCUT2D eigenvalue weighted by Crippen LogP contribution is 2.51. The van der Waals surface area contributed by atoms with Gasteiger partial charge in [0.15, 0.2) is 11.5 Å². The molecule has 0 aromatic heterocycles. The molecule has 0 spiro atoms. The number of methoxy groups -OCH3 is 3. The molecule has 158 valence electrons. The van der Waals surface area contributed by atoms with E-state index in [4.69, 9.17) is 23.3 Å². The van der Waals surface area contributed by atoms with E-state index in [0.29, 0.717) is 22.6 Å². The minimum Gasteiger partial charge on any atom is -0.493 e. The smallest absolute Gasteiger partial charge is 0.362 e. The van der Waals surface area contributed by atoms with E-state index in [1.807, 2.05) is 60.7 Å². The molecule has 7 heteroatoms. The van der Waals surface area contributed by atoms with Crippen molar-refractivity contribution in [2.24, 2.45) is 0 Å². The highest BCUT2D eigenvalue weighted by atomic mass is 31.2. The Morgan fingerprint density at radius 2 is 1.10 bits per heavy atom. The van der Waals surface area contributed by atoms with Crippen LogP contribution in [-0.2, 0) is 26.8 Å². The zero-order valence-corrected chi connectivity index (χ0v) is 18.1. The summed E-state index contributed by atoms with van der Waals surface area (Å²) in [4.78, 5) is 0. The Kier molecular flexibility index (Phi) is 7.52. The van der Waals surface area contributed by atoms with Crippen LogP contribution in [-0.4, -0.2) is 21.3 Å². The molecule has 0 N–H and O–H groups in total. The van der Waals surface area contributed by atoms with Crippen LogP contribution >= 0.6 is 7.60 Å². The number of rotatable bonds is 10. The molecule has 0 bridgehead atoms. The van der Waals surface area contributed by atoms with Gasteiger partial charge in [-0.25, -0.2) is 0 Å². The highest BCUT2D eigenvalue weighted by Gasteiger charge is 2.31. The highest BCUT2D eigenvalue weighted by molar-refractivity contribution is 7.62. The molecular weight excluding hydrogens is 403 g/mol. The van der Waals surface area contributed by atoms with Crippen LogP contribution in [0.2, 0.25) is 0 Å². The number of hydrogen-bond acceptors (Lipinski definition) is 6. The molecule has 0 unspecified atom stereocenters. The van der Waals surface area contributed by atoms with Crippen LogP contribution in [0.25, 0.3) is 0 Å². The minimum absolute atomic E-state index is 0.129. The molecule has 0 aliphatic carbocycles. The Hall–Kier alpha value is -2.79. The average molecular weight is 428 g/mol. The van der Waals surface area contributed by atoms with E-state index in [2.05, 4.69) is 0 Å². The topological polar surface area (TPSA) is 63.2 Å². The van der Waals surface area contributed by atoms with Gasteiger partial charge in [0.1, 0.15) is 0 Å². The van der Waals surface area contributed by atoms with Gasteiger partial charge in [0.2, 0.25) is 5.75 Å². The summed E-state index contributed by atoms with van der Waals surface area (Å²) in [7, 11) is 0.786. The Morgan fingerprint density at radius 1 is 0.667 bits per heavy atom. The van der Waals surface area contributed by atoms with Crippen molar-refractivity contribution in [3.8, 4) is 17.2 Å². The second-order valence-corrected chi connectivity index (χ2v) is 8.43. The third-order valence-electron chi connectivity index (χ3n) is 4.45. The van der Waals surface area contributed by atoms with Gasteiger partial charge in [0.05, 0.1) is 39.8 Å². The lowest BCUT2D eigenvalue weighted by atomic mass is 10.2. The summed E-state index contributed by atoms with van der Waals surface area (Å²) in [6.45, 7) is 0.257. The third-order valence-corrected chi connectivity index (χ3v) is 6.28. The summed E-state index contributed by atoms with van der Waals surface area (Å²) in [5.41, 5.74) is 1.77. The first-order chi connectivity index (χ1) is 14.6. The zero-order chi connectivity index (χ0) is 21.4. The van der Waals surface area contributed by atoms with E-state index in [9.17, 15) is 4.57 Å². The monoisotopic (exact) mass is 428 g/mol. The second kappa shape index (κ2) is 10.3. The summed E-state index contributed by atoms with van der Waals surface area (Å²) in [5, 5.41) is 0.323. The van der Waals surface area contributed by atoms with Crippen molar-refractivity contribution in [1.29, 1.82) is 0 Å². The molecule has 0 amide bonds. The van der Waals surface area contributed by atoms with Gasteiger partial charge in [0.25, 0.3) is 0 Å². The molecule has 0 saturated carbocycles. The molecule has 0 fully saturated rings. The Morgan fingerprint density at radius 3 is 1.47 bits per heavy atom. The quantitative estimate of drug-likeness (QED) is 0.425. The molecule has 0 heterocycles. The maximum Gasteiger partial charge on any atom is 0.362 e. The second-order valence-electron chi connectivity index (χ2n) is 6.40. The van der Waals surface area contributed by atoms with E-state index >= 15 is 0 Å². The molecule has 0 radical (unpaired) electrons. The summed E-state index contributed by atoms with van der Waals surface area (Å²) in [6.07, 6.45) is 0. The maximum absolute atomic E-state index is 13.9. The predicted octanol–water partition coefficient (Wildman–Crippen LogP) is 4.96. The molecule has 0 atom stereocenters. The van der Waals surface area contributed by atoms with E-state index in [1.165, 1.54) is 21.3 Å². The van der Waals surface area contributed by atoms with Crippen molar-refractivity contribution in [1.82, 2.24) is 0 Å². The first-order valence-electron chi connectivity index (χ1n) is 9.37. The largest absolute Gasteiger partial charge is 0.493 e. The van der Waals surface area contributed by atoms with Crippen LogP contribution in [0.3, 0.4) is 0 Å². The van der Waals surface area contributed by atoms with E-state index in [-0.39, 0.29) is 13.2 Å². The van der Waals surface area contributed by atoms with Crippen molar-refractivity contribution in [3.63, 3.8) is 0 Å². The fourth-order valence-corrected chi connectivity index (χ4v) is 4.44. The standard InChI is InChI=1S/C23H25O6P/c1-25-21-14-20(15-22(26-2)23(21)27-3)30(24,28-16-18-10-6-4-7-11-18)29-17-19-12-8-5-9-13-19/h4-15H,16-17H2,1-3H3. The van der Waals surface area contributed by atoms with Gasteiger partial charge in [0, 0.05) is 0 Å². The van der Waals surface area contributed by atoms with Gasteiger partial charge in [-0.2, -0.15) is 0 Å². The molecule has 3 rings (SSSR count). The van der Waals surface area contributed by atoms with Crippen molar-refractivity contribution in [2.45, 2.75) is 13.2 Å². The molecule has 3 aromatic rings. The number of hydrogen-bond donors (Lipinski definition) is 0. The lowest BCUT2D eigenvalue weighted by molar-refractivity contribution is 0.200. The fraction of sp³-hybridized carbons (Fsp3) is 0.217. The van der Waals surface area contributed by atoms with Gasteiger partial charge < -0.3 is 23.3 Å². The van der Waals surface area contributed by atoms with Gasteiger partial charge in [-0.1, -0.05) is 60.7 Å². The molecule has 6 nitrogen and oxygen atoms in total. The van der Waals surface area contributed by atoms with Gasteiger partial charge in [-0.15, -0.1) is 0 Å². The number of ether oxygens (including phenoxy) is 3. The maximum atomic E-state index is 13.9. The normalized spacial score (nSPS) is 11.2. The zero-order valence-electron chi connectivity index (χ0n) is 17.2. The van der Waals surface area contributed by atoms with Crippen LogP contribution in [0.1, 0.15) is 11.1 Å². The number of benzene rings is 3. The van der Waals surface area contributed by atoms with Gasteiger partial charge in [-0.05, 0) is 23.3 Å². The Bertz CT molecular complexity index is 919. The van der Waals surface area contributed by atoms with E-state index in [1.54, 1.807) is 12.1 Å². The summed E-state index contributed by atoms with van der Waals surface area (Å²) in [6, 6.07) is 22.2. The average Bonchev–Trinajstić information content (AvgIpc) is 2.81. The van der Waals surface area contributed by atoms with Crippen molar-refractivity contribution in [3.05, 3.63) is 83.9 Å². The van der Waals surface area contributed by atoms with Crippen LogP contribution < -0.4 is 19.5 Å². The lowest BCUT2D eigenvalue weighted by Crippen LogP contribution is -2.13. The first kappa shape index (κ1) is 21.9. The van der Waals surface area contributed by atoms with Crippen LogP contribution in [0, 0.1) is 0 Å². The van der Waals surface area contributed by atoms with Crippen molar-refractivity contribution >= 4 is 12.9 Å². The predicted molar refractivity (Wildman–Crippen MR) is 116 cm³/mol. The Labute approximate surface area is 176 Å². The molecule has 30 heavy (non-hydrogen) atoms. The summed E-state index contributed by atoms with van der Waals surface area (Å²) in [5.74, 6) is 1.15. The van der Waals surface area contributed by atoms with E-state index in [0.717, 1.165) is 11.1 Å². The third kappa shape index (κ3) is 5.22. The SMILES string of the molecule is COc1cc(P(=O)(OCc2ccccc2)OCc2ccccc2)cc(OC)c1OC. The minimum atomic E-state index is -3.73. The van der Waals surface area contributed by atoms with Crippen LogP contribution in [0.5, 0.6) is 17.2 Å². The molecule has 0 saturated heterocycles. The van der Waals surface area contributed by atoms with Gasteiger partial charge >= 0.3 is 7.60 Å². The first-order valence-corrected chi connectivity index (χ1v) is 10.9. The molecule has 0 aliphatic rings. The van der Waals surface area contributed by atoms with E-state index < -0.39 is 7.60 Å². The lowest BCUT2D eigenvalue weighted by Gasteiger charge is -2.21. The van der Waals surface area contributed by atoms with Crippen molar-refractivity contribution < 1.29 is 27.8 Å². The fourth-order valence-electron chi connectivity index (χ4n) is 2.88. The van der Waals surface area contributed by atoms with Crippen LogP contribution in [0.15, 0.2) is 72.8 Å². The van der Waals surface area contributed by atoms with Crippen LogP contribution in [0.4, 0.5) is 0 Å². The van der Waals surface area contributed by atoms with Crippen molar-refractivity contribution in [2.75, 3.05) is 21.3 Å². The Balaban J connectivity index is 1.96. The molecule has 0 aliphatic heterocycles. The molecular formula is C23H25O6P.